The van der Waals surface area contributed by atoms with Crippen molar-refractivity contribution in [3.05, 3.63) is 0 Å². The van der Waals surface area contributed by atoms with Gasteiger partial charge in [-0.05, 0) is 39.5 Å². The molecule has 0 aliphatic rings. The van der Waals surface area contributed by atoms with Gasteiger partial charge in [-0.3, -0.25) is 0 Å². The first-order valence-electron chi connectivity index (χ1n) is 5.13. The quantitative estimate of drug-likeness (QED) is 0.718. The van der Waals surface area contributed by atoms with Crippen LogP contribution in [0.2, 0.25) is 0 Å². The first-order chi connectivity index (χ1) is 5.81. The predicted molar refractivity (Wildman–Crippen MR) is 55.8 cm³/mol. The zero-order valence-electron chi connectivity index (χ0n) is 9.63. The molecule has 0 saturated heterocycles. The molecule has 0 spiro atoms. The van der Waals surface area contributed by atoms with E-state index in [-0.39, 0.29) is 11.7 Å². The van der Waals surface area contributed by atoms with Crippen LogP contribution in [0.15, 0.2) is 0 Å². The Hall–Kier alpha value is -0.0800. The van der Waals surface area contributed by atoms with Gasteiger partial charge in [-0.25, -0.2) is 0 Å². The topological polar surface area (TPSA) is 29.5 Å². The van der Waals surface area contributed by atoms with Gasteiger partial charge in [0.1, 0.15) is 0 Å². The maximum atomic E-state index is 9.54. The Balaban J connectivity index is 3.46. The third kappa shape index (κ3) is 9.84. The lowest BCUT2D eigenvalue weighted by atomic mass is 10.1. The van der Waals surface area contributed by atoms with E-state index >= 15 is 0 Å². The molecule has 0 bridgehead atoms. The predicted octanol–water partition coefficient (Wildman–Crippen LogP) is 2.60. The van der Waals surface area contributed by atoms with Crippen LogP contribution in [0, 0.1) is 5.92 Å². The van der Waals surface area contributed by atoms with Crippen LogP contribution >= 0.6 is 0 Å². The Morgan fingerprint density at radius 1 is 1.15 bits per heavy atom. The summed E-state index contributed by atoms with van der Waals surface area (Å²) < 4.78 is 5.47. The summed E-state index contributed by atoms with van der Waals surface area (Å²) in [6.07, 6.45) is 1.60. The molecule has 0 aromatic carbocycles. The van der Waals surface area contributed by atoms with Crippen LogP contribution < -0.4 is 0 Å². The average molecular weight is 188 g/mol. The summed E-state index contributed by atoms with van der Waals surface area (Å²) in [5.41, 5.74) is -0.140. The molecule has 0 aromatic rings. The lowest BCUT2D eigenvalue weighted by Gasteiger charge is -2.22. The van der Waals surface area contributed by atoms with E-state index in [9.17, 15) is 5.11 Å². The van der Waals surface area contributed by atoms with Crippen LogP contribution in [0.5, 0.6) is 0 Å². The van der Waals surface area contributed by atoms with Crippen LogP contribution in [-0.4, -0.2) is 23.4 Å². The first-order valence-corrected chi connectivity index (χ1v) is 5.13. The van der Waals surface area contributed by atoms with E-state index in [4.69, 9.17) is 4.74 Å². The second-order valence-corrected chi connectivity index (χ2v) is 5.05. The second-order valence-electron chi connectivity index (χ2n) is 5.05. The summed E-state index contributed by atoms with van der Waals surface area (Å²) in [6, 6.07) is 0. The molecule has 1 atom stereocenters. The molecule has 0 aliphatic carbocycles. The van der Waals surface area contributed by atoms with E-state index in [0.717, 1.165) is 12.8 Å². The standard InChI is InChI=1S/C11H24O2/c1-9(2)6-7-10(12)8-13-11(3,4)5/h9-10,12H,6-8H2,1-5H3. The fourth-order valence-electron chi connectivity index (χ4n) is 0.955. The second kappa shape index (κ2) is 5.61. The molecule has 2 heteroatoms. The van der Waals surface area contributed by atoms with Gasteiger partial charge in [0.2, 0.25) is 0 Å². The van der Waals surface area contributed by atoms with E-state index < -0.39 is 0 Å². The molecule has 0 aliphatic heterocycles. The maximum Gasteiger partial charge on any atom is 0.0774 e. The Morgan fingerprint density at radius 3 is 2.08 bits per heavy atom. The van der Waals surface area contributed by atoms with Gasteiger partial charge in [0.15, 0.2) is 0 Å². The van der Waals surface area contributed by atoms with Crippen molar-refractivity contribution in [3.8, 4) is 0 Å². The summed E-state index contributed by atoms with van der Waals surface area (Å²) in [6.45, 7) is 10.8. The molecule has 0 heterocycles. The normalized spacial score (nSPS) is 15.0. The summed E-state index contributed by atoms with van der Waals surface area (Å²) >= 11 is 0. The van der Waals surface area contributed by atoms with Crippen LogP contribution in [-0.2, 0) is 4.74 Å². The fraction of sp³-hybridized carbons (Fsp3) is 1.00. The zero-order chi connectivity index (χ0) is 10.5. The molecule has 0 fully saturated rings. The third-order valence-corrected chi connectivity index (χ3v) is 1.79. The Labute approximate surface area is 82.3 Å². The highest BCUT2D eigenvalue weighted by molar-refractivity contribution is 4.62. The van der Waals surface area contributed by atoms with Crippen molar-refractivity contribution in [2.45, 2.75) is 59.2 Å². The van der Waals surface area contributed by atoms with E-state index in [1.165, 1.54) is 0 Å². The minimum atomic E-state index is -0.304. The van der Waals surface area contributed by atoms with Crippen molar-refractivity contribution in [2.75, 3.05) is 6.61 Å². The van der Waals surface area contributed by atoms with E-state index in [0.29, 0.717) is 12.5 Å². The van der Waals surface area contributed by atoms with Gasteiger partial charge in [0, 0.05) is 0 Å². The molecule has 0 aromatic heterocycles. The molecular weight excluding hydrogens is 164 g/mol. The van der Waals surface area contributed by atoms with Crippen LogP contribution in [0.3, 0.4) is 0 Å². The van der Waals surface area contributed by atoms with Crippen LogP contribution in [0.4, 0.5) is 0 Å². The molecule has 0 saturated carbocycles. The van der Waals surface area contributed by atoms with Crippen molar-refractivity contribution in [3.63, 3.8) is 0 Å². The molecule has 80 valence electrons. The Kier molecular flexibility index (Phi) is 5.57. The summed E-state index contributed by atoms with van der Waals surface area (Å²) in [4.78, 5) is 0. The smallest absolute Gasteiger partial charge is 0.0774 e. The van der Waals surface area contributed by atoms with E-state index in [1.807, 2.05) is 20.8 Å². The van der Waals surface area contributed by atoms with Crippen molar-refractivity contribution in [1.82, 2.24) is 0 Å². The third-order valence-electron chi connectivity index (χ3n) is 1.79. The average Bonchev–Trinajstić information content (AvgIpc) is 1.95. The molecule has 0 rings (SSSR count). The van der Waals surface area contributed by atoms with Gasteiger partial charge in [-0.2, -0.15) is 0 Å². The largest absolute Gasteiger partial charge is 0.391 e. The minimum absolute atomic E-state index is 0.140. The van der Waals surface area contributed by atoms with Crippen LogP contribution in [0.25, 0.3) is 0 Å². The summed E-state index contributed by atoms with van der Waals surface area (Å²) in [5, 5.41) is 9.54. The van der Waals surface area contributed by atoms with Crippen LogP contribution in [0.1, 0.15) is 47.5 Å². The maximum absolute atomic E-state index is 9.54. The Bertz CT molecular complexity index is 125. The van der Waals surface area contributed by atoms with Gasteiger partial charge in [0.25, 0.3) is 0 Å². The highest BCUT2D eigenvalue weighted by atomic mass is 16.5. The molecule has 0 radical (unpaired) electrons. The highest BCUT2D eigenvalue weighted by Crippen LogP contribution is 2.11. The number of aliphatic hydroxyl groups is 1. The number of hydrogen-bond acceptors (Lipinski definition) is 2. The zero-order valence-corrected chi connectivity index (χ0v) is 9.63. The monoisotopic (exact) mass is 188 g/mol. The number of rotatable bonds is 5. The van der Waals surface area contributed by atoms with Gasteiger partial charge in [-0.1, -0.05) is 13.8 Å². The van der Waals surface area contributed by atoms with Gasteiger partial charge in [-0.15, -0.1) is 0 Å². The molecule has 2 nitrogen and oxygen atoms in total. The highest BCUT2D eigenvalue weighted by Gasteiger charge is 2.13. The number of ether oxygens (including phenoxy) is 1. The number of aliphatic hydroxyl groups excluding tert-OH is 1. The van der Waals surface area contributed by atoms with E-state index in [1.54, 1.807) is 0 Å². The molecule has 1 unspecified atom stereocenters. The SMILES string of the molecule is CC(C)CCC(O)COC(C)(C)C. The van der Waals surface area contributed by atoms with Crippen molar-refractivity contribution >= 4 is 0 Å². The lowest BCUT2D eigenvalue weighted by molar-refractivity contribution is -0.0514. The minimum Gasteiger partial charge on any atom is -0.391 e. The molecule has 0 amide bonds. The van der Waals surface area contributed by atoms with Crippen molar-refractivity contribution in [2.24, 2.45) is 5.92 Å². The van der Waals surface area contributed by atoms with Gasteiger partial charge >= 0.3 is 0 Å². The van der Waals surface area contributed by atoms with Crippen molar-refractivity contribution in [1.29, 1.82) is 0 Å². The first kappa shape index (κ1) is 12.9. The molecular formula is C11H24O2. The molecule has 1 N–H and O–H groups in total. The van der Waals surface area contributed by atoms with E-state index in [2.05, 4.69) is 13.8 Å². The van der Waals surface area contributed by atoms with Gasteiger partial charge < -0.3 is 9.84 Å². The molecule has 13 heavy (non-hydrogen) atoms. The van der Waals surface area contributed by atoms with Crippen molar-refractivity contribution < 1.29 is 9.84 Å². The van der Waals surface area contributed by atoms with Gasteiger partial charge in [0.05, 0.1) is 18.3 Å². The summed E-state index contributed by atoms with van der Waals surface area (Å²) in [5.74, 6) is 0.657. The lowest BCUT2D eigenvalue weighted by Crippen LogP contribution is -2.26. The number of hydrogen-bond donors (Lipinski definition) is 1. The summed E-state index contributed by atoms with van der Waals surface area (Å²) in [7, 11) is 0. The Morgan fingerprint density at radius 2 is 1.69 bits per heavy atom. The fourth-order valence-corrected chi connectivity index (χ4v) is 0.955.